The molecule has 3 heterocycles. The zero-order chi connectivity index (χ0) is 20.5. The molecule has 0 bridgehead atoms. The topological polar surface area (TPSA) is 88.3 Å². The molecule has 29 heavy (non-hydrogen) atoms. The largest absolute Gasteiger partial charge is 0.481 e. The number of carbonyl (C=O) groups excluding carboxylic acids is 1. The molecule has 1 aromatic carbocycles. The van der Waals surface area contributed by atoms with E-state index in [0.717, 1.165) is 5.56 Å². The molecule has 2 atom stereocenters. The number of aliphatic carboxylic acids is 1. The first-order valence-corrected chi connectivity index (χ1v) is 9.97. The van der Waals surface area contributed by atoms with Crippen LogP contribution in [0.3, 0.4) is 0 Å². The first kappa shape index (κ1) is 19.1. The van der Waals surface area contributed by atoms with Gasteiger partial charge >= 0.3 is 5.97 Å². The summed E-state index contributed by atoms with van der Waals surface area (Å²) in [6.07, 6.45) is 2.95. The average molecular weight is 392 g/mol. The van der Waals surface area contributed by atoms with Crippen LogP contribution in [0.5, 0.6) is 0 Å². The Kier molecular flexibility index (Phi) is 5.05. The van der Waals surface area contributed by atoms with Crippen molar-refractivity contribution in [3.8, 4) is 11.3 Å². The van der Waals surface area contributed by atoms with E-state index >= 15 is 0 Å². The number of rotatable bonds is 4. The summed E-state index contributed by atoms with van der Waals surface area (Å²) in [6.45, 7) is 5.00. The molecule has 0 saturated carbocycles. The van der Waals surface area contributed by atoms with Gasteiger partial charge in [0, 0.05) is 24.7 Å². The van der Waals surface area contributed by atoms with Gasteiger partial charge in [-0.1, -0.05) is 30.3 Å². The molecule has 4 rings (SSSR count). The van der Waals surface area contributed by atoms with Crippen molar-refractivity contribution in [3.63, 3.8) is 0 Å². The highest BCUT2D eigenvalue weighted by Crippen LogP contribution is 2.30. The second kappa shape index (κ2) is 7.66. The van der Waals surface area contributed by atoms with Crippen LogP contribution in [0.2, 0.25) is 0 Å². The number of amides is 1. The molecule has 1 aliphatic heterocycles. The number of aryl methyl sites for hydroxylation is 1. The fourth-order valence-corrected chi connectivity index (χ4v) is 4.13. The number of pyridine rings is 1. The number of carboxylic acids is 1. The van der Waals surface area contributed by atoms with E-state index in [1.165, 1.54) is 0 Å². The van der Waals surface area contributed by atoms with E-state index in [4.69, 9.17) is 4.98 Å². The van der Waals surface area contributed by atoms with Crippen molar-refractivity contribution in [1.82, 2.24) is 19.7 Å². The predicted molar refractivity (Wildman–Crippen MR) is 109 cm³/mol. The molecule has 1 saturated heterocycles. The molecule has 1 N–H and O–H groups in total. The van der Waals surface area contributed by atoms with Crippen molar-refractivity contribution in [3.05, 3.63) is 48.2 Å². The molecule has 0 unspecified atom stereocenters. The minimum Gasteiger partial charge on any atom is -0.481 e. The number of likely N-dealkylation sites (tertiary alicyclic amines) is 1. The number of carboxylic acid groups (broad SMARTS) is 1. The summed E-state index contributed by atoms with van der Waals surface area (Å²) >= 11 is 0. The van der Waals surface area contributed by atoms with Gasteiger partial charge in [-0.3, -0.25) is 9.59 Å². The summed E-state index contributed by atoms with van der Waals surface area (Å²) in [5.74, 6) is -1.56. The maximum atomic E-state index is 13.5. The number of benzene rings is 1. The minimum absolute atomic E-state index is 0.163. The third kappa shape index (κ3) is 3.37. The highest BCUT2D eigenvalue weighted by atomic mass is 16.4. The molecule has 3 aromatic rings. The van der Waals surface area contributed by atoms with Crippen LogP contribution in [0.4, 0.5) is 0 Å². The maximum absolute atomic E-state index is 13.5. The second-order valence-corrected chi connectivity index (χ2v) is 7.44. The van der Waals surface area contributed by atoms with Crippen molar-refractivity contribution in [2.45, 2.75) is 39.3 Å². The highest BCUT2D eigenvalue weighted by Gasteiger charge is 2.36. The Morgan fingerprint density at radius 1 is 1.24 bits per heavy atom. The van der Waals surface area contributed by atoms with Gasteiger partial charge in [-0.25, -0.2) is 9.67 Å². The summed E-state index contributed by atoms with van der Waals surface area (Å²) in [5, 5.41) is 14.6. The lowest BCUT2D eigenvalue weighted by molar-refractivity contribution is -0.144. The monoisotopic (exact) mass is 392 g/mol. The smallest absolute Gasteiger partial charge is 0.308 e. The normalized spacial score (nSPS) is 19.4. The van der Waals surface area contributed by atoms with Crippen LogP contribution in [-0.4, -0.2) is 49.2 Å². The lowest BCUT2D eigenvalue weighted by Gasteiger charge is -2.37. The summed E-state index contributed by atoms with van der Waals surface area (Å²) in [7, 11) is 0. The number of carbonyl (C=O) groups is 2. The first-order chi connectivity index (χ1) is 14.0. The van der Waals surface area contributed by atoms with E-state index in [0.29, 0.717) is 48.2 Å². The Bertz CT molecular complexity index is 1060. The summed E-state index contributed by atoms with van der Waals surface area (Å²) in [5.41, 5.74) is 2.81. The quantitative estimate of drug-likeness (QED) is 0.735. The number of piperidine rings is 1. The van der Waals surface area contributed by atoms with Gasteiger partial charge in [0.05, 0.1) is 28.8 Å². The predicted octanol–water partition coefficient (Wildman–Crippen LogP) is 3.44. The van der Waals surface area contributed by atoms with Crippen molar-refractivity contribution in [2.75, 3.05) is 6.54 Å². The molecular weight excluding hydrogens is 368 g/mol. The molecule has 1 amide bonds. The molecule has 150 valence electrons. The van der Waals surface area contributed by atoms with Gasteiger partial charge in [0.15, 0.2) is 5.65 Å². The van der Waals surface area contributed by atoms with Crippen molar-refractivity contribution >= 4 is 22.9 Å². The van der Waals surface area contributed by atoms with E-state index in [2.05, 4.69) is 5.10 Å². The summed E-state index contributed by atoms with van der Waals surface area (Å²) in [4.78, 5) is 31.6. The Morgan fingerprint density at radius 3 is 2.69 bits per heavy atom. The van der Waals surface area contributed by atoms with Gasteiger partial charge in [0.2, 0.25) is 0 Å². The molecule has 1 aliphatic rings. The van der Waals surface area contributed by atoms with Gasteiger partial charge in [-0.2, -0.15) is 5.10 Å². The zero-order valence-electron chi connectivity index (χ0n) is 16.6. The van der Waals surface area contributed by atoms with Crippen LogP contribution in [0.25, 0.3) is 22.3 Å². The van der Waals surface area contributed by atoms with Crippen LogP contribution >= 0.6 is 0 Å². The lowest BCUT2D eigenvalue weighted by atomic mass is 9.89. The second-order valence-electron chi connectivity index (χ2n) is 7.44. The van der Waals surface area contributed by atoms with Crippen molar-refractivity contribution in [1.29, 1.82) is 0 Å². The average Bonchev–Trinajstić information content (AvgIpc) is 3.16. The number of fused-ring (bicyclic) bond motifs is 1. The molecular formula is C22H24N4O3. The zero-order valence-corrected chi connectivity index (χ0v) is 16.6. The van der Waals surface area contributed by atoms with Crippen LogP contribution in [0, 0.1) is 5.92 Å². The number of hydrogen-bond donors (Lipinski definition) is 1. The third-order valence-corrected chi connectivity index (χ3v) is 5.77. The van der Waals surface area contributed by atoms with E-state index in [-0.39, 0.29) is 11.9 Å². The van der Waals surface area contributed by atoms with Crippen molar-refractivity contribution in [2.24, 2.45) is 5.92 Å². The van der Waals surface area contributed by atoms with Gasteiger partial charge in [0.1, 0.15) is 0 Å². The van der Waals surface area contributed by atoms with Gasteiger partial charge in [0.25, 0.3) is 5.91 Å². The fourth-order valence-electron chi connectivity index (χ4n) is 4.13. The third-order valence-electron chi connectivity index (χ3n) is 5.77. The lowest BCUT2D eigenvalue weighted by Crippen LogP contribution is -2.49. The molecule has 1 fully saturated rings. The summed E-state index contributed by atoms with van der Waals surface area (Å²) < 4.78 is 1.78. The molecule has 7 nitrogen and oxygen atoms in total. The van der Waals surface area contributed by atoms with Gasteiger partial charge in [-0.15, -0.1) is 0 Å². The van der Waals surface area contributed by atoms with Crippen LogP contribution in [0.15, 0.2) is 42.6 Å². The van der Waals surface area contributed by atoms with E-state index < -0.39 is 11.9 Å². The number of nitrogens with zero attached hydrogens (tertiary/aromatic N) is 4. The van der Waals surface area contributed by atoms with Crippen molar-refractivity contribution < 1.29 is 14.7 Å². The molecule has 2 aromatic heterocycles. The SMILES string of the molecule is CCn1ncc2c(C(=O)N3CCC[C@H](C(=O)O)[C@@H]3C)cc(-c3ccccc3)nc21. The Hall–Kier alpha value is -3.22. The van der Waals surface area contributed by atoms with Gasteiger partial charge < -0.3 is 10.0 Å². The van der Waals surface area contributed by atoms with E-state index in [9.17, 15) is 14.7 Å². The van der Waals surface area contributed by atoms with Gasteiger partial charge in [-0.05, 0) is 32.8 Å². The Morgan fingerprint density at radius 2 is 2.00 bits per heavy atom. The van der Waals surface area contributed by atoms with E-state index in [1.54, 1.807) is 21.8 Å². The highest BCUT2D eigenvalue weighted by molar-refractivity contribution is 6.06. The molecule has 0 aliphatic carbocycles. The van der Waals surface area contributed by atoms with Crippen LogP contribution < -0.4 is 0 Å². The van der Waals surface area contributed by atoms with Crippen LogP contribution in [-0.2, 0) is 11.3 Å². The van der Waals surface area contributed by atoms with E-state index in [1.807, 2.05) is 44.2 Å². The Labute approximate surface area is 169 Å². The standard InChI is InChI=1S/C22H24N4O3/c1-3-26-20-18(13-23-26)17(12-19(24-20)15-8-5-4-6-9-15)21(27)25-11-7-10-16(14(25)2)22(28)29/h4-6,8-9,12-14,16H,3,7,10-11H2,1-2H3,(H,28,29)/t14-,16-/m0/s1. The number of aromatic nitrogens is 3. The number of hydrogen-bond acceptors (Lipinski definition) is 4. The fraction of sp³-hybridized carbons (Fsp3) is 0.364. The first-order valence-electron chi connectivity index (χ1n) is 9.97. The molecule has 0 spiro atoms. The molecule has 7 heteroatoms. The Balaban J connectivity index is 1.83. The van der Waals surface area contributed by atoms with Crippen LogP contribution in [0.1, 0.15) is 37.0 Å². The summed E-state index contributed by atoms with van der Waals surface area (Å²) in [6, 6.07) is 11.2. The molecule has 0 radical (unpaired) electrons. The maximum Gasteiger partial charge on any atom is 0.308 e. The minimum atomic E-state index is -0.848.